The van der Waals surface area contributed by atoms with Crippen molar-refractivity contribution in [2.45, 2.75) is 38.8 Å². The molecular formula is C24H23N3O6S. The molecule has 1 amide bonds. The standard InChI is InChI=1S/C24H23N3O6S/c1-15-14-34-24(30)26(15)12-21(29)33-13-20(28)27-23(19-8-4-10-32-19)18-7-2-5-16(22(18)25-27)11-17-6-3-9-31-17/h3-4,6,8-11,14,18,23H,2,5,7,12-13H2,1H3/b16-11-. The summed E-state index contributed by atoms with van der Waals surface area (Å²) in [6.45, 7) is 1.02. The van der Waals surface area contributed by atoms with Crippen molar-refractivity contribution in [1.29, 1.82) is 0 Å². The van der Waals surface area contributed by atoms with Gasteiger partial charge in [0.05, 0.1) is 18.2 Å². The number of rotatable bonds is 6. The zero-order valence-electron chi connectivity index (χ0n) is 18.5. The van der Waals surface area contributed by atoms with Crippen LogP contribution in [0.3, 0.4) is 0 Å². The monoisotopic (exact) mass is 481 g/mol. The van der Waals surface area contributed by atoms with Crippen LogP contribution in [0.2, 0.25) is 0 Å². The van der Waals surface area contributed by atoms with E-state index in [9.17, 15) is 14.4 Å². The van der Waals surface area contributed by atoms with Crippen molar-refractivity contribution < 1.29 is 23.2 Å². The molecule has 3 aromatic rings. The van der Waals surface area contributed by atoms with E-state index in [1.165, 1.54) is 9.58 Å². The van der Waals surface area contributed by atoms with Gasteiger partial charge in [-0.25, -0.2) is 5.01 Å². The number of amides is 1. The van der Waals surface area contributed by atoms with Crippen LogP contribution in [-0.2, 0) is 20.9 Å². The van der Waals surface area contributed by atoms with Gasteiger partial charge in [0.25, 0.3) is 5.91 Å². The summed E-state index contributed by atoms with van der Waals surface area (Å²) in [6.07, 6.45) is 7.76. The highest BCUT2D eigenvalue weighted by Crippen LogP contribution is 2.44. The second kappa shape index (κ2) is 9.30. The number of nitrogens with zero attached hydrogens (tertiary/aromatic N) is 3. The second-order valence-electron chi connectivity index (χ2n) is 8.26. The van der Waals surface area contributed by atoms with Gasteiger partial charge in [0, 0.05) is 17.0 Å². The van der Waals surface area contributed by atoms with E-state index in [4.69, 9.17) is 13.6 Å². The number of hydrazone groups is 1. The lowest BCUT2D eigenvalue weighted by Crippen LogP contribution is -2.35. The molecule has 5 rings (SSSR count). The minimum absolute atomic E-state index is 0.0344. The molecule has 9 nitrogen and oxygen atoms in total. The molecule has 0 N–H and O–H groups in total. The van der Waals surface area contributed by atoms with Crippen LogP contribution in [-0.4, -0.2) is 33.8 Å². The zero-order chi connectivity index (χ0) is 23.7. The van der Waals surface area contributed by atoms with Crippen molar-refractivity contribution >= 4 is 35.0 Å². The summed E-state index contributed by atoms with van der Waals surface area (Å²) >= 11 is 1.01. The highest BCUT2D eigenvalue weighted by molar-refractivity contribution is 7.07. The maximum absolute atomic E-state index is 13.2. The Kier molecular flexibility index (Phi) is 6.06. The summed E-state index contributed by atoms with van der Waals surface area (Å²) in [7, 11) is 0. The SMILES string of the molecule is Cc1csc(=O)n1CC(=O)OCC(=O)N1N=C2/C(=C\c3ccco3)CCCC2C1c1ccco1. The third-order valence-corrected chi connectivity index (χ3v) is 6.95. The van der Waals surface area contributed by atoms with Crippen molar-refractivity contribution in [1.82, 2.24) is 9.58 Å². The molecule has 0 bridgehead atoms. The fraction of sp³-hybridized carbons (Fsp3) is 0.333. The highest BCUT2D eigenvalue weighted by atomic mass is 32.1. The topological polar surface area (TPSA) is 107 Å². The molecule has 2 aliphatic rings. The minimum Gasteiger partial charge on any atom is -0.467 e. The van der Waals surface area contributed by atoms with E-state index < -0.39 is 24.5 Å². The van der Waals surface area contributed by atoms with Gasteiger partial charge >= 0.3 is 10.8 Å². The number of carbonyl (C=O) groups excluding carboxylic acids is 2. The van der Waals surface area contributed by atoms with Crippen LogP contribution < -0.4 is 4.87 Å². The lowest BCUT2D eigenvalue weighted by atomic mass is 9.79. The van der Waals surface area contributed by atoms with Gasteiger partial charge in [0.1, 0.15) is 24.1 Å². The first-order valence-corrected chi connectivity index (χ1v) is 11.9. The predicted octanol–water partition coefficient (Wildman–Crippen LogP) is 3.77. The molecule has 1 fully saturated rings. The Morgan fingerprint density at radius 1 is 1.26 bits per heavy atom. The third-order valence-electron chi connectivity index (χ3n) is 6.07. The fourth-order valence-electron chi connectivity index (χ4n) is 4.47. The van der Waals surface area contributed by atoms with Gasteiger partial charge < -0.3 is 13.6 Å². The predicted molar refractivity (Wildman–Crippen MR) is 124 cm³/mol. The quantitative estimate of drug-likeness (QED) is 0.496. The fourth-order valence-corrected chi connectivity index (χ4v) is 5.20. The van der Waals surface area contributed by atoms with Gasteiger partial charge in [-0.3, -0.25) is 19.0 Å². The molecule has 10 heteroatoms. The molecule has 0 aromatic carbocycles. The molecular weight excluding hydrogens is 458 g/mol. The molecule has 0 radical (unpaired) electrons. The van der Waals surface area contributed by atoms with Crippen LogP contribution in [0.4, 0.5) is 0 Å². The highest BCUT2D eigenvalue weighted by Gasteiger charge is 2.45. The molecule has 1 aliphatic heterocycles. The number of carbonyl (C=O) groups is 2. The average molecular weight is 482 g/mol. The number of hydrogen-bond acceptors (Lipinski definition) is 8. The first kappa shape index (κ1) is 22.1. The van der Waals surface area contributed by atoms with E-state index in [1.807, 2.05) is 24.3 Å². The largest absolute Gasteiger partial charge is 0.467 e. The summed E-state index contributed by atoms with van der Waals surface area (Å²) < 4.78 is 17.7. The van der Waals surface area contributed by atoms with Crippen molar-refractivity contribution in [3.8, 4) is 0 Å². The molecule has 34 heavy (non-hydrogen) atoms. The number of hydrogen-bond donors (Lipinski definition) is 0. The second-order valence-corrected chi connectivity index (χ2v) is 9.08. The van der Waals surface area contributed by atoms with E-state index >= 15 is 0 Å². The third kappa shape index (κ3) is 4.28. The van der Waals surface area contributed by atoms with Gasteiger partial charge in [-0.05, 0) is 62.1 Å². The van der Waals surface area contributed by atoms with Crippen LogP contribution in [0.15, 0.2) is 66.5 Å². The van der Waals surface area contributed by atoms with E-state index in [-0.39, 0.29) is 17.3 Å². The smallest absolute Gasteiger partial charge is 0.326 e. The van der Waals surface area contributed by atoms with Gasteiger partial charge in [0.15, 0.2) is 6.61 Å². The Morgan fingerprint density at radius 2 is 2.09 bits per heavy atom. The van der Waals surface area contributed by atoms with Gasteiger partial charge in [0.2, 0.25) is 0 Å². The Hall–Kier alpha value is -3.66. The molecule has 3 aromatic heterocycles. The summed E-state index contributed by atoms with van der Waals surface area (Å²) in [5, 5.41) is 7.72. The molecule has 176 valence electrons. The van der Waals surface area contributed by atoms with Gasteiger partial charge in [-0.15, -0.1) is 0 Å². The summed E-state index contributed by atoms with van der Waals surface area (Å²) in [5.41, 5.74) is 2.51. The number of thiazole rings is 1. The first-order valence-electron chi connectivity index (χ1n) is 11.0. The molecule has 1 aliphatic carbocycles. The molecule has 0 saturated heterocycles. The molecule has 2 unspecified atom stereocenters. The maximum atomic E-state index is 13.2. The Bertz CT molecular complexity index is 1300. The van der Waals surface area contributed by atoms with Crippen LogP contribution in [0, 0.1) is 12.8 Å². The summed E-state index contributed by atoms with van der Waals surface area (Å²) in [6, 6.07) is 6.88. The first-order chi connectivity index (χ1) is 16.5. The van der Waals surface area contributed by atoms with E-state index in [1.54, 1.807) is 30.9 Å². The molecule has 0 spiro atoms. The zero-order valence-corrected chi connectivity index (χ0v) is 19.3. The van der Waals surface area contributed by atoms with E-state index in [2.05, 4.69) is 5.10 Å². The summed E-state index contributed by atoms with van der Waals surface area (Å²) in [4.78, 5) is 37.1. The number of esters is 1. The lowest BCUT2D eigenvalue weighted by molar-refractivity contribution is -0.153. The number of ether oxygens (including phenoxy) is 1. The van der Waals surface area contributed by atoms with Crippen LogP contribution in [0.1, 0.15) is 42.5 Å². The number of aromatic nitrogens is 1. The summed E-state index contributed by atoms with van der Waals surface area (Å²) in [5.74, 6) is 0.207. The average Bonchev–Trinajstić information content (AvgIpc) is 3.62. The van der Waals surface area contributed by atoms with Crippen LogP contribution in [0.25, 0.3) is 6.08 Å². The Morgan fingerprint density at radius 3 is 2.79 bits per heavy atom. The number of furan rings is 2. The Labute approximate surface area is 198 Å². The number of aryl methyl sites for hydroxylation is 1. The minimum atomic E-state index is -0.658. The van der Waals surface area contributed by atoms with Crippen LogP contribution >= 0.6 is 11.3 Å². The number of allylic oxidation sites excluding steroid dienone is 1. The normalized spacial score (nSPS) is 20.9. The lowest BCUT2D eigenvalue weighted by Gasteiger charge is -2.27. The van der Waals surface area contributed by atoms with Gasteiger partial charge in [-0.2, -0.15) is 5.10 Å². The van der Waals surface area contributed by atoms with Crippen LogP contribution in [0.5, 0.6) is 0 Å². The number of fused-ring (bicyclic) bond motifs is 1. The van der Waals surface area contributed by atoms with Gasteiger partial charge in [-0.1, -0.05) is 11.3 Å². The molecule has 4 heterocycles. The van der Waals surface area contributed by atoms with E-state index in [0.717, 1.165) is 47.6 Å². The van der Waals surface area contributed by atoms with Crippen molar-refractivity contribution in [3.63, 3.8) is 0 Å². The molecule has 2 atom stereocenters. The van der Waals surface area contributed by atoms with Crippen molar-refractivity contribution in [2.75, 3.05) is 6.61 Å². The maximum Gasteiger partial charge on any atom is 0.326 e. The molecule has 1 saturated carbocycles. The van der Waals surface area contributed by atoms with Crippen molar-refractivity contribution in [2.24, 2.45) is 11.0 Å². The van der Waals surface area contributed by atoms with Crippen molar-refractivity contribution in [3.05, 3.63) is 74.6 Å². The van der Waals surface area contributed by atoms with E-state index in [0.29, 0.717) is 11.5 Å². The Balaban J connectivity index is 1.36.